The molecule has 3 heteroatoms. The SMILES string of the molecule is CC1/C=C\C=C/Cc2c(oc3cc(-c4ccccc4)ccc23)C2=C1C(C)(C)c1cc(N(c3cc#ccc3)c3ccc4c(c3)oc3ccccc34)ccc12. The number of benzene rings is 5. The quantitative estimate of drug-likeness (QED) is 0.185. The van der Waals surface area contributed by atoms with Crippen LogP contribution in [-0.2, 0) is 11.8 Å². The van der Waals surface area contributed by atoms with Gasteiger partial charge in [-0.2, -0.15) is 0 Å². The van der Waals surface area contributed by atoms with Crippen molar-refractivity contribution in [1.82, 2.24) is 0 Å². The topological polar surface area (TPSA) is 29.5 Å². The average molecular weight is 684 g/mol. The largest absolute Gasteiger partial charge is 0.456 e. The van der Waals surface area contributed by atoms with Crippen molar-refractivity contribution in [1.29, 1.82) is 0 Å². The van der Waals surface area contributed by atoms with Gasteiger partial charge in [0.1, 0.15) is 22.5 Å². The summed E-state index contributed by atoms with van der Waals surface area (Å²) in [7, 11) is 0. The van der Waals surface area contributed by atoms with Crippen LogP contribution in [0.15, 0.2) is 166 Å². The second-order valence-corrected chi connectivity index (χ2v) is 14.7. The van der Waals surface area contributed by atoms with E-state index in [1.54, 1.807) is 0 Å². The van der Waals surface area contributed by atoms with E-state index >= 15 is 0 Å². The van der Waals surface area contributed by atoms with Crippen LogP contribution in [0.4, 0.5) is 17.1 Å². The summed E-state index contributed by atoms with van der Waals surface area (Å²) >= 11 is 0. The molecule has 2 aromatic heterocycles. The monoisotopic (exact) mass is 683 g/mol. The third-order valence-corrected chi connectivity index (χ3v) is 11.2. The zero-order valence-electron chi connectivity index (χ0n) is 30.0. The fourth-order valence-corrected chi connectivity index (χ4v) is 8.79. The molecular weight excluding hydrogens is 647 g/mol. The van der Waals surface area contributed by atoms with Gasteiger partial charge < -0.3 is 13.7 Å². The molecule has 0 radical (unpaired) electrons. The number of para-hydroxylation sites is 1. The maximum absolute atomic E-state index is 7.03. The minimum absolute atomic E-state index is 0.186. The molecule has 0 spiro atoms. The lowest BCUT2D eigenvalue weighted by Crippen LogP contribution is -2.22. The molecule has 0 bridgehead atoms. The number of hydrogen-bond acceptors (Lipinski definition) is 3. The van der Waals surface area contributed by atoms with E-state index in [0.717, 1.165) is 62.3 Å². The number of fused-ring (bicyclic) bond motifs is 9. The van der Waals surface area contributed by atoms with Crippen LogP contribution in [0.25, 0.3) is 49.6 Å². The second kappa shape index (κ2) is 12.0. The number of allylic oxidation sites excluding steroid dienone is 5. The summed E-state index contributed by atoms with van der Waals surface area (Å²) < 4.78 is 13.4. The molecule has 2 heterocycles. The number of furan rings is 2. The second-order valence-electron chi connectivity index (χ2n) is 14.7. The first kappa shape index (κ1) is 31.3. The highest BCUT2D eigenvalue weighted by Crippen LogP contribution is 2.55. The molecule has 2 aliphatic rings. The summed E-state index contributed by atoms with van der Waals surface area (Å²) in [5.41, 5.74) is 14.2. The van der Waals surface area contributed by atoms with Gasteiger partial charge in [0.25, 0.3) is 0 Å². The molecule has 0 amide bonds. The highest BCUT2D eigenvalue weighted by Gasteiger charge is 2.42. The van der Waals surface area contributed by atoms with Crippen LogP contribution in [0.2, 0.25) is 0 Å². The maximum Gasteiger partial charge on any atom is 0.139 e. The summed E-state index contributed by atoms with van der Waals surface area (Å²) in [6.45, 7) is 7.06. The van der Waals surface area contributed by atoms with Crippen LogP contribution in [0.3, 0.4) is 0 Å². The zero-order valence-corrected chi connectivity index (χ0v) is 30.0. The molecule has 0 fully saturated rings. The number of hydrogen-bond donors (Lipinski definition) is 0. The van der Waals surface area contributed by atoms with Crippen molar-refractivity contribution in [3.8, 4) is 11.1 Å². The lowest BCUT2D eigenvalue weighted by atomic mass is 9.75. The average Bonchev–Trinajstić information content (AvgIpc) is 3.82. The number of rotatable bonds is 4. The number of nitrogens with zero attached hydrogens (tertiary/aromatic N) is 1. The first-order chi connectivity index (χ1) is 26.0. The molecule has 8 aromatic rings. The molecule has 0 saturated heterocycles. The minimum atomic E-state index is -0.274. The third-order valence-electron chi connectivity index (χ3n) is 11.2. The highest BCUT2D eigenvalue weighted by atomic mass is 16.3. The maximum atomic E-state index is 7.03. The summed E-state index contributed by atoms with van der Waals surface area (Å²) in [5, 5.41) is 3.40. The van der Waals surface area contributed by atoms with E-state index in [9.17, 15) is 0 Å². The van der Waals surface area contributed by atoms with Crippen molar-refractivity contribution in [3.05, 3.63) is 192 Å². The van der Waals surface area contributed by atoms with Gasteiger partial charge in [0.05, 0.1) is 5.69 Å². The first-order valence-corrected chi connectivity index (χ1v) is 18.4. The van der Waals surface area contributed by atoms with Gasteiger partial charge in [-0.15, -0.1) is 0 Å². The van der Waals surface area contributed by atoms with Crippen LogP contribution < -0.4 is 4.90 Å². The van der Waals surface area contributed by atoms with Crippen molar-refractivity contribution < 1.29 is 8.83 Å². The lowest BCUT2D eigenvalue weighted by molar-refractivity contribution is 0.569. The predicted octanol–water partition coefficient (Wildman–Crippen LogP) is 13.5. The molecule has 0 N–H and O–H groups in total. The first-order valence-electron chi connectivity index (χ1n) is 18.4. The predicted molar refractivity (Wildman–Crippen MR) is 218 cm³/mol. The summed E-state index contributed by atoms with van der Waals surface area (Å²) in [4.78, 5) is 2.30. The van der Waals surface area contributed by atoms with Crippen LogP contribution in [0.1, 0.15) is 43.2 Å². The van der Waals surface area contributed by atoms with E-state index in [2.05, 4.69) is 165 Å². The smallest absolute Gasteiger partial charge is 0.139 e. The standard InChI is InChI=1S/C50H37NO2/c1-32-15-7-4-12-21-41-40-26-23-34(33-16-8-5-9-17-33)29-45(40)53-49(41)47-42-28-25-36(30-43(42)50(2,3)48(32)47)51(35-18-10-6-11-19-35)37-24-27-39-38-20-13-14-22-44(38)52-46(39)31-37/h4-5,7-10,12-20,22-32H,21H2,1-3H3/b12-4-,15-7-. The molecule has 0 aliphatic heterocycles. The van der Waals surface area contributed by atoms with Crippen LogP contribution in [-0.4, -0.2) is 0 Å². The number of anilines is 3. The molecule has 6 aromatic carbocycles. The van der Waals surface area contributed by atoms with E-state index in [4.69, 9.17) is 8.83 Å². The van der Waals surface area contributed by atoms with Gasteiger partial charge >= 0.3 is 0 Å². The molecular formula is C50H37NO2. The Bertz CT molecular complexity index is 2790. The fraction of sp³-hybridized carbons (Fsp3) is 0.120. The fourth-order valence-electron chi connectivity index (χ4n) is 8.79. The van der Waals surface area contributed by atoms with Crippen molar-refractivity contribution in [2.45, 2.75) is 32.6 Å². The van der Waals surface area contributed by atoms with Crippen LogP contribution in [0.5, 0.6) is 0 Å². The Balaban J connectivity index is 1.16. The summed E-state index contributed by atoms with van der Waals surface area (Å²) in [6.07, 6.45) is 9.76. The van der Waals surface area contributed by atoms with Crippen molar-refractivity contribution in [3.63, 3.8) is 0 Å². The Morgan fingerprint density at radius 3 is 2.30 bits per heavy atom. The summed E-state index contributed by atoms with van der Waals surface area (Å²) in [5.74, 6) is 1.16. The third kappa shape index (κ3) is 4.98. The van der Waals surface area contributed by atoms with Gasteiger partial charge in [0.15, 0.2) is 0 Å². The van der Waals surface area contributed by atoms with E-state index in [0.29, 0.717) is 0 Å². The Morgan fingerprint density at radius 1 is 0.660 bits per heavy atom. The zero-order chi connectivity index (χ0) is 35.7. The molecule has 1 atom stereocenters. The van der Waals surface area contributed by atoms with E-state index in [1.807, 2.05) is 24.3 Å². The Kier molecular flexibility index (Phi) is 7.10. The highest BCUT2D eigenvalue weighted by molar-refractivity contribution is 6.06. The Morgan fingerprint density at radius 2 is 1.43 bits per heavy atom. The Hall–Kier alpha value is -6.50. The van der Waals surface area contributed by atoms with Gasteiger partial charge in [-0.25, -0.2) is 0 Å². The van der Waals surface area contributed by atoms with E-state index in [-0.39, 0.29) is 11.3 Å². The van der Waals surface area contributed by atoms with Gasteiger partial charge in [0, 0.05) is 56.2 Å². The lowest BCUT2D eigenvalue weighted by Gasteiger charge is -2.30. The minimum Gasteiger partial charge on any atom is -0.456 e. The normalized spacial score (nSPS) is 17.3. The van der Waals surface area contributed by atoms with Crippen LogP contribution in [0, 0.1) is 18.1 Å². The van der Waals surface area contributed by atoms with Gasteiger partial charge in [-0.05, 0) is 88.7 Å². The van der Waals surface area contributed by atoms with Gasteiger partial charge in [-0.1, -0.05) is 124 Å². The Labute approximate surface area is 309 Å². The summed E-state index contributed by atoms with van der Waals surface area (Å²) in [6, 6.07) is 51.2. The molecule has 3 nitrogen and oxygen atoms in total. The van der Waals surface area contributed by atoms with Crippen molar-refractivity contribution in [2.24, 2.45) is 5.92 Å². The molecule has 254 valence electrons. The molecule has 0 saturated carbocycles. The van der Waals surface area contributed by atoms with E-state index < -0.39 is 0 Å². The van der Waals surface area contributed by atoms with Gasteiger partial charge in [0.2, 0.25) is 0 Å². The molecule has 2 aliphatic carbocycles. The van der Waals surface area contributed by atoms with Crippen molar-refractivity contribution >= 4 is 55.5 Å². The van der Waals surface area contributed by atoms with Crippen LogP contribution >= 0.6 is 0 Å². The molecule has 53 heavy (non-hydrogen) atoms. The molecule has 10 rings (SSSR count). The van der Waals surface area contributed by atoms with E-state index in [1.165, 1.54) is 38.8 Å². The molecule has 1 unspecified atom stereocenters. The van der Waals surface area contributed by atoms with Crippen molar-refractivity contribution in [2.75, 3.05) is 4.90 Å². The van der Waals surface area contributed by atoms with Gasteiger partial charge in [-0.3, -0.25) is 0 Å².